The minimum atomic E-state index is -0.556. The zero-order valence-electron chi connectivity index (χ0n) is 18.1. The van der Waals surface area contributed by atoms with Gasteiger partial charge in [0.2, 0.25) is 0 Å². The van der Waals surface area contributed by atoms with Crippen LogP contribution in [0.25, 0.3) is 0 Å². The Morgan fingerprint density at radius 2 is 1.63 bits per heavy atom. The summed E-state index contributed by atoms with van der Waals surface area (Å²) in [5, 5.41) is 10.8. The Hall–Kier alpha value is -0.570. The van der Waals surface area contributed by atoms with Crippen molar-refractivity contribution in [1.29, 1.82) is 0 Å². The highest BCUT2D eigenvalue weighted by atomic mass is 16.5. The number of carbonyl (C=O) groups excluding carboxylic acids is 1. The van der Waals surface area contributed by atoms with E-state index >= 15 is 0 Å². The van der Waals surface area contributed by atoms with E-state index < -0.39 is 5.60 Å². The lowest BCUT2D eigenvalue weighted by atomic mass is 9.44. The van der Waals surface area contributed by atoms with Crippen LogP contribution in [0, 0.1) is 40.4 Å². The standard InChI is InChI=1S/C24H40O3/c1-15(25)27-17-10-12-23(4)16(14-17)6-7-18-19-8-9-21(22(2,3)26)24(19,5)13-11-20(18)23/h16-21,26H,6-14H2,1-5H3/t16-,17+,18+,19+,20+,21+,23-,24+/m0/s1. The molecule has 4 saturated carbocycles. The summed E-state index contributed by atoms with van der Waals surface area (Å²) >= 11 is 0. The lowest BCUT2D eigenvalue weighted by Gasteiger charge is -2.61. The van der Waals surface area contributed by atoms with Crippen LogP contribution in [0.2, 0.25) is 0 Å². The van der Waals surface area contributed by atoms with Gasteiger partial charge in [0.15, 0.2) is 0 Å². The zero-order valence-corrected chi connectivity index (χ0v) is 18.1. The molecule has 0 radical (unpaired) electrons. The number of esters is 1. The smallest absolute Gasteiger partial charge is 0.302 e. The van der Waals surface area contributed by atoms with Crippen molar-refractivity contribution in [3.8, 4) is 0 Å². The number of fused-ring (bicyclic) bond motifs is 5. The number of aliphatic hydroxyl groups is 1. The van der Waals surface area contributed by atoms with Crippen molar-refractivity contribution >= 4 is 5.97 Å². The van der Waals surface area contributed by atoms with Gasteiger partial charge < -0.3 is 9.84 Å². The van der Waals surface area contributed by atoms with Crippen molar-refractivity contribution in [3.63, 3.8) is 0 Å². The first-order valence-electron chi connectivity index (χ1n) is 11.5. The molecule has 4 aliphatic carbocycles. The monoisotopic (exact) mass is 376 g/mol. The van der Waals surface area contributed by atoms with Crippen LogP contribution in [0.1, 0.15) is 92.4 Å². The molecule has 4 fully saturated rings. The fraction of sp³-hybridized carbons (Fsp3) is 0.958. The highest BCUT2D eigenvalue weighted by Gasteiger charge is 2.61. The normalized spacial score (nSPS) is 49.7. The minimum Gasteiger partial charge on any atom is -0.463 e. The third kappa shape index (κ3) is 3.07. The topological polar surface area (TPSA) is 46.5 Å². The van der Waals surface area contributed by atoms with Crippen molar-refractivity contribution in [3.05, 3.63) is 0 Å². The Kier molecular flexibility index (Phi) is 4.73. The van der Waals surface area contributed by atoms with Crippen molar-refractivity contribution in [1.82, 2.24) is 0 Å². The summed E-state index contributed by atoms with van der Waals surface area (Å²) in [5.41, 5.74) is 0.185. The minimum absolute atomic E-state index is 0.116. The Morgan fingerprint density at radius 1 is 0.963 bits per heavy atom. The number of carbonyl (C=O) groups is 1. The maximum atomic E-state index is 11.4. The molecule has 0 aliphatic heterocycles. The number of hydrogen-bond donors (Lipinski definition) is 1. The van der Waals surface area contributed by atoms with Gasteiger partial charge in [-0.05, 0) is 112 Å². The second kappa shape index (κ2) is 6.47. The maximum Gasteiger partial charge on any atom is 0.302 e. The quantitative estimate of drug-likeness (QED) is 0.661. The van der Waals surface area contributed by atoms with Crippen molar-refractivity contribution in [2.45, 2.75) is 104 Å². The Bertz CT molecular complexity index is 593. The van der Waals surface area contributed by atoms with Crippen LogP contribution in [-0.4, -0.2) is 22.8 Å². The van der Waals surface area contributed by atoms with E-state index in [-0.39, 0.29) is 12.1 Å². The van der Waals surface area contributed by atoms with Crippen LogP contribution in [-0.2, 0) is 9.53 Å². The van der Waals surface area contributed by atoms with Crippen molar-refractivity contribution in [2.24, 2.45) is 40.4 Å². The lowest BCUT2D eigenvalue weighted by Crippen LogP contribution is -2.55. The van der Waals surface area contributed by atoms with Gasteiger partial charge in [-0.15, -0.1) is 0 Å². The predicted molar refractivity (Wildman–Crippen MR) is 107 cm³/mol. The molecule has 0 saturated heterocycles. The second-order valence-electron chi connectivity index (χ2n) is 11.5. The SMILES string of the molecule is CC(=O)O[C@@H]1CC[C@@]2(C)[C@@H](CC[C@H]3[C@H]2CC[C@]2(C)[C@@H]3CC[C@@H]2C(C)(C)O)C1. The summed E-state index contributed by atoms with van der Waals surface area (Å²) in [6.45, 7) is 10.7. The summed E-state index contributed by atoms with van der Waals surface area (Å²) in [4.78, 5) is 11.4. The highest BCUT2D eigenvalue weighted by molar-refractivity contribution is 5.66. The van der Waals surface area contributed by atoms with E-state index in [4.69, 9.17) is 4.74 Å². The Balaban J connectivity index is 1.54. The van der Waals surface area contributed by atoms with Gasteiger partial charge in [-0.25, -0.2) is 0 Å². The van der Waals surface area contributed by atoms with Crippen molar-refractivity contribution in [2.75, 3.05) is 0 Å². The summed E-state index contributed by atoms with van der Waals surface area (Å²) < 4.78 is 5.59. The van der Waals surface area contributed by atoms with E-state index in [9.17, 15) is 9.90 Å². The van der Waals surface area contributed by atoms with Crippen LogP contribution in [0.3, 0.4) is 0 Å². The average molecular weight is 377 g/mol. The molecule has 0 bridgehead atoms. The molecule has 27 heavy (non-hydrogen) atoms. The summed E-state index contributed by atoms with van der Waals surface area (Å²) in [7, 11) is 0. The van der Waals surface area contributed by atoms with Gasteiger partial charge in [-0.2, -0.15) is 0 Å². The molecule has 154 valence electrons. The van der Waals surface area contributed by atoms with E-state index in [0.29, 0.717) is 22.7 Å². The molecule has 4 aliphatic rings. The molecule has 0 spiro atoms. The fourth-order valence-electron chi connectivity index (χ4n) is 8.72. The predicted octanol–water partition coefficient (Wildman–Crippen LogP) is 5.35. The van der Waals surface area contributed by atoms with Gasteiger partial charge >= 0.3 is 5.97 Å². The first kappa shape index (κ1) is 19.7. The molecule has 0 aromatic heterocycles. The van der Waals surface area contributed by atoms with Gasteiger partial charge in [0.25, 0.3) is 0 Å². The van der Waals surface area contributed by atoms with Crippen LogP contribution in [0.4, 0.5) is 0 Å². The molecular formula is C24H40O3. The van der Waals surface area contributed by atoms with Crippen LogP contribution < -0.4 is 0 Å². The van der Waals surface area contributed by atoms with Gasteiger partial charge in [0.1, 0.15) is 6.10 Å². The highest BCUT2D eigenvalue weighted by Crippen LogP contribution is 2.68. The van der Waals surface area contributed by atoms with Gasteiger partial charge in [0, 0.05) is 6.92 Å². The Labute approximate surface area is 165 Å². The first-order chi connectivity index (χ1) is 12.6. The molecule has 3 heteroatoms. The average Bonchev–Trinajstić information content (AvgIpc) is 2.92. The second-order valence-corrected chi connectivity index (χ2v) is 11.5. The molecule has 0 aromatic carbocycles. The Morgan fingerprint density at radius 3 is 2.30 bits per heavy atom. The number of hydrogen-bond acceptors (Lipinski definition) is 3. The molecule has 0 aromatic rings. The van der Waals surface area contributed by atoms with Crippen LogP contribution in [0.5, 0.6) is 0 Å². The third-order valence-corrected chi connectivity index (χ3v) is 9.80. The maximum absolute atomic E-state index is 11.4. The first-order valence-corrected chi connectivity index (χ1v) is 11.5. The fourth-order valence-corrected chi connectivity index (χ4v) is 8.72. The molecule has 0 heterocycles. The van der Waals surface area contributed by atoms with E-state index in [1.807, 2.05) is 13.8 Å². The van der Waals surface area contributed by atoms with E-state index in [1.165, 1.54) is 44.9 Å². The zero-order chi connectivity index (χ0) is 19.6. The number of ether oxygens (including phenoxy) is 1. The molecule has 1 N–H and O–H groups in total. The van der Waals surface area contributed by atoms with Gasteiger partial charge in [-0.1, -0.05) is 13.8 Å². The van der Waals surface area contributed by atoms with Crippen LogP contribution in [0.15, 0.2) is 0 Å². The van der Waals surface area contributed by atoms with E-state index in [1.54, 1.807) is 6.92 Å². The summed E-state index contributed by atoms with van der Waals surface area (Å²) in [6, 6.07) is 0. The summed E-state index contributed by atoms with van der Waals surface area (Å²) in [6.07, 6.45) is 11.3. The largest absolute Gasteiger partial charge is 0.463 e. The van der Waals surface area contributed by atoms with Gasteiger partial charge in [-0.3, -0.25) is 4.79 Å². The molecule has 3 nitrogen and oxygen atoms in total. The summed E-state index contributed by atoms with van der Waals surface area (Å²) in [5.74, 6) is 3.50. The third-order valence-electron chi connectivity index (χ3n) is 9.80. The van der Waals surface area contributed by atoms with Crippen LogP contribution >= 0.6 is 0 Å². The molecule has 0 unspecified atom stereocenters. The lowest BCUT2D eigenvalue weighted by molar-refractivity contribution is -0.163. The van der Waals surface area contributed by atoms with E-state index in [0.717, 1.165) is 30.6 Å². The molecule has 0 amide bonds. The van der Waals surface area contributed by atoms with E-state index in [2.05, 4.69) is 13.8 Å². The number of rotatable bonds is 2. The molecular weight excluding hydrogens is 336 g/mol. The van der Waals surface area contributed by atoms with Gasteiger partial charge in [0.05, 0.1) is 5.60 Å². The van der Waals surface area contributed by atoms with Crippen molar-refractivity contribution < 1.29 is 14.6 Å². The molecule has 4 rings (SSSR count). The molecule has 8 atom stereocenters.